The standard InChI is InChI=1S/C15H21N3/c1-3-11-18-15(9-10-17-18)14-7-5-13(6-8-14)12-16-4-2/h5-10,16H,3-4,11-12H2,1-2H3. The van der Waals surface area contributed by atoms with Crippen molar-refractivity contribution in [1.82, 2.24) is 15.1 Å². The van der Waals surface area contributed by atoms with Gasteiger partial charge in [0.1, 0.15) is 0 Å². The van der Waals surface area contributed by atoms with Crippen molar-refractivity contribution in [3.8, 4) is 11.3 Å². The van der Waals surface area contributed by atoms with Crippen LogP contribution in [0.1, 0.15) is 25.8 Å². The van der Waals surface area contributed by atoms with E-state index in [4.69, 9.17) is 0 Å². The van der Waals surface area contributed by atoms with E-state index in [1.54, 1.807) is 0 Å². The van der Waals surface area contributed by atoms with Crippen LogP contribution >= 0.6 is 0 Å². The third-order valence-electron chi connectivity index (χ3n) is 2.98. The van der Waals surface area contributed by atoms with Crippen molar-refractivity contribution in [3.05, 3.63) is 42.1 Å². The zero-order valence-electron chi connectivity index (χ0n) is 11.2. The molecule has 0 saturated heterocycles. The molecular formula is C15H21N3. The smallest absolute Gasteiger partial charge is 0.0682 e. The lowest BCUT2D eigenvalue weighted by Gasteiger charge is -2.07. The molecule has 0 atom stereocenters. The summed E-state index contributed by atoms with van der Waals surface area (Å²) in [7, 11) is 0. The van der Waals surface area contributed by atoms with Crippen LogP contribution in [0.15, 0.2) is 36.5 Å². The molecule has 1 aromatic heterocycles. The van der Waals surface area contributed by atoms with Crippen LogP contribution in [0.3, 0.4) is 0 Å². The zero-order chi connectivity index (χ0) is 12.8. The maximum Gasteiger partial charge on any atom is 0.0682 e. The Hall–Kier alpha value is -1.61. The molecule has 3 heteroatoms. The van der Waals surface area contributed by atoms with Gasteiger partial charge in [0, 0.05) is 19.3 Å². The normalized spacial score (nSPS) is 10.8. The zero-order valence-corrected chi connectivity index (χ0v) is 11.2. The van der Waals surface area contributed by atoms with Crippen molar-refractivity contribution in [2.24, 2.45) is 0 Å². The molecule has 1 aromatic carbocycles. The molecule has 3 nitrogen and oxygen atoms in total. The summed E-state index contributed by atoms with van der Waals surface area (Å²) in [6.45, 7) is 7.21. The second-order valence-electron chi connectivity index (χ2n) is 4.42. The van der Waals surface area contributed by atoms with E-state index in [0.717, 1.165) is 26.1 Å². The van der Waals surface area contributed by atoms with Crippen LogP contribution in [0.5, 0.6) is 0 Å². The van der Waals surface area contributed by atoms with Crippen molar-refractivity contribution in [3.63, 3.8) is 0 Å². The summed E-state index contributed by atoms with van der Waals surface area (Å²) in [6.07, 6.45) is 2.98. The largest absolute Gasteiger partial charge is 0.313 e. The van der Waals surface area contributed by atoms with Crippen LogP contribution in [0.2, 0.25) is 0 Å². The highest BCUT2D eigenvalue weighted by atomic mass is 15.3. The molecule has 96 valence electrons. The van der Waals surface area contributed by atoms with Gasteiger partial charge in [-0.25, -0.2) is 0 Å². The number of nitrogens with one attached hydrogen (secondary N) is 1. The molecule has 0 aliphatic carbocycles. The molecule has 0 saturated carbocycles. The fraction of sp³-hybridized carbons (Fsp3) is 0.400. The molecule has 0 bridgehead atoms. The Morgan fingerprint density at radius 3 is 2.56 bits per heavy atom. The maximum absolute atomic E-state index is 4.36. The predicted molar refractivity (Wildman–Crippen MR) is 75.3 cm³/mol. The second-order valence-corrected chi connectivity index (χ2v) is 4.42. The quantitative estimate of drug-likeness (QED) is 0.845. The van der Waals surface area contributed by atoms with Gasteiger partial charge in [0.15, 0.2) is 0 Å². The minimum Gasteiger partial charge on any atom is -0.313 e. The van der Waals surface area contributed by atoms with Crippen LogP contribution in [-0.4, -0.2) is 16.3 Å². The van der Waals surface area contributed by atoms with E-state index in [-0.39, 0.29) is 0 Å². The Bertz CT molecular complexity index is 471. The summed E-state index contributed by atoms with van der Waals surface area (Å²) in [6, 6.07) is 10.8. The molecule has 0 radical (unpaired) electrons. The van der Waals surface area contributed by atoms with E-state index in [1.165, 1.54) is 16.8 Å². The van der Waals surface area contributed by atoms with Gasteiger partial charge in [-0.3, -0.25) is 4.68 Å². The lowest BCUT2D eigenvalue weighted by atomic mass is 10.1. The number of rotatable bonds is 6. The van der Waals surface area contributed by atoms with Gasteiger partial charge in [0.2, 0.25) is 0 Å². The third-order valence-corrected chi connectivity index (χ3v) is 2.98. The van der Waals surface area contributed by atoms with Gasteiger partial charge < -0.3 is 5.32 Å². The number of benzene rings is 1. The van der Waals surface area contributed by atoms with E-state index in [0.29, 0.717) is 0 Å². The Labute approximate surface area is 109 Å². The lowest BCUT2D eigenvalue weighted by Crippen LogP contribution is -2.11. The van der Waals surface area contributed by atoms with E-state index < -0.39 is 0 Å². The van der Waals surface area contributed by atoms with Crippen molar-refractivity contribution in [1.29, 1.82) is 0 Å². The fourth-order valence-corrected chi connectivity index (χ4v) is 2.03. The topological polar surface area (TPSA) is 29.9 Å². The van der Waals surface area contributed by atoms with Crippen LogP contribution in [-0.2, 0) is 13.1 Å². The van der Waals surface area contributed by atoms with E-state index >= 15 is 0 Å². The van der Waals surface area contributed by atoms with Crippen LogP contribution in [0, 0.1) is 0 Å². The minimum absolute atomic E-state index is 0.936. The molecule has 0 fully saturated rings. The number of aromatic nitrogens is 2. The molecule has 0 aliphatic rings. The van der Waals surface area contributed by atoms with Gasteiger partial charge in [-0.05, 0) is 30.2 Å². The third kappa shape index (κ3) is 2.99. The van der Waals surface area contributed by atoms with Gasteiger partial charge in [0.25, 0.3) is 0 Å². The fourth-order valence-electron chi connectivity index (χ4n) is 2.03. The number of nitrogens with zero attached hydrogens (tertiary/aromatic N) is 2. The van der Waals surface area contributed by atoms with Gasteiger partial charge in [-0.1, -0.05) is 38.1 Å². The Morgan fingerprint density at radius 1 is 1.11 bits per heavy atom. The number of hydrogen-bond donors (Lipinski definition) is 1. The van der Waals surface area contributed by atoms with E-state index in [9.17, 15) is 0 Å². The lowest BCUT2D eigenvalue weighted by molar-refractivity contribution is 0.609. The molecule has 1 N–H and O–H groups in total. The summed E-state index contributed by atoms with van der Waals surface area (Å²) in [4.78, 5) is 0. The van der Waals surface area contributed by atoms with Gasteiger partial charge in [-0.2, -0.15) is 5.10 Å². The summed E-state index contributed by atoms with van der Waals surface area (Å²) < 4.78 is 2.07. The molecule has 0 spiro atoms. The first-order chi connectivity index (χ1) is 8.85. The Balaban J connectivity index is 2.15. The van der Waals surface area contributed by atoms with Crippen LogP contribution in [0.4, 0.5) is 0 Å². The van der Waals surface area contributed by atoms with Crippen molar-refractivity contribution >= 4 is 0 Å². The van der Waals surface area contributed by atoms with Crippen LogP contribution in [0.25, 0.3) is 11.3 Å². The summed E-state index contributed by atoms with van der Waals surface area (Å²) in [5.41, 5.74) is 3.76. The number of aryl methyl sites for hydroxylation is 1. The van der Waals surface area contributed by atoms with Crippen molar-refractivity contribution in [2.45, 2.75) is 33.4 Å². The van der Waals surface area contributed by atoms with Crippen molar-refractivity contribution < 1.29 is 0 Å². The molecule has 0 unspecified atom stereocenters. The first-order valence-electron chi connectivity index (χ1n) is 6.67. The molecule has 0 aliphatic heterocycles. The average Bonchev–Trinajstić information content (AvgIpc) is 2.86. The molecule has 0 amide bonds. The van der Waals surface area contributed by atoms with E-state index in [2.05, 4.69) is 59.3 Å². The number of hydrogen-bond acceptors (Lipinski definition) is 2. The maximum atomic E-state index is 4.36. The monoisotopic (exact) mass is 243 g/mol. The summed E-state index contributed by atoms with van der Waals surface area (Å²) in [5, 5.41) is 7.69. The van der Waals surface area contributed by atoms with E-state index in [1.807, 2.05) is 6.20 Å². The highest BCUT2D eigenvalue weighted by Crippen LogP contribution is 2.19. The predicted octanol–water partition coefficient (Wildman–Crippen LogP) is 3.07. The molecule has 1 heterocycles. The van der Waals surface area contributed by atoms with Gasteiger partial charge >= 0.3 is 0 Å². The molecule has 2 aromatic rings. The van der Waals surface area contributed by atoms with Crippen molar-refractivity contribution in [2.75, 3.05) is 6.54 Å². The van der Waals surface area contributed by atoms with Gasteiger partial charge in [-0.15, -0.1) is 0 Å². The molecular weight excluding hydrogens is 222 g/mol. The highest BCUT2D eigenvalue weighted by molar-refractivity contribution is 5.59. The first kappa shape index (κ1) is 12.8. The minimum atomic E-state index is 0.936. The summed E-state index contributed by atoms with van der Waals surface area (Å²) in [5.74, 6) is 0. The Morgan fingerprint density at radius 2 is 1.89 bits per heavy atom. The second kappa shape index (κ2) is 6.36. The van der Waals surface area contributed by atoms with Gasteiger partial charge in [0.05, 0.1) is 5.69 Å². The highest BCUT2D eigenvalue weighted by Gasteiger charge is 2.04. The summed E-state index contributed by atoms with van der Waals surface area (Å²) >= 11 is 0. The average molecular weight is 243 g/mol. The first-order valence-corrected chi connectivity index (χ1v) is 6.67. The molecule has 18 heavy (non-hydrogen) atoms. The Kier molecular flexibility index (Phi) is 4.53. The molecule has 2 rings (SSSR count). The SMILES string of the molecule is CCCn1nccc1-c1ccc(CNCC)cc1. The van der Waals surface area contributed by atoms with Crippen LogP contribution < -0.4 is 5.32 Å².